The number of nitrogens with two attached hydrogens (primary N) is 2. The summed E-state index contributed by atoms with van der Waals surface area (Å²) in [6.07, 6.45) is 4.48. The molecule has 3 heterocycles. The highest BCUT2D eigenvalue weighted by Crippen LogP contribution is 2.15. The summed E-state index contributed by atoms with van der Waals surface area (Å²) < 4.78 is 1.46. The van der Waals surface area contributed by atoms with Crippen LogP contribution in [0.25, 0.3) is 5.69 Å². The van der Waals surface area contributed by atoms with Crippen molar-refractivity contribution in [2.75, 3.05) is 31.5 Å². The molecule has 2 aliphatic rings. The molecule has 2 saturated heterocycles. The van der Waals surface area contributed by atoms with Gasteiger partial charge in [-0.1, -0.05) is 12.1 Å². The minimum atomic E-state index is -0.441. The third-order valence-electron chi connectivity index (χ3n) is 5.80. The quantitative estimate of drug-likeness (QED) is 0.646. The summed E-state index contributed by atoms with van der Waals surface area (Å²) in [5.41, 5.74) is 13.3. The molecule has 10 heteroatoms. The zero-order valence-electron chi connectivity index (χ0n) is 17.4. The lowest BCUT2D eigenvalue weighted by Crippen LogP contribution is -2.39. The summed E-state index contributed by atoms with van der Waals surface area (Å²) >= 11 is 0. The Hall–Kier alpha value is -2.46. The van der Waals surface area contributed by atoms with Crippen molar-refractivity contribution in [3.05, 3.63) is 52.6 Å². The number of rotatable bonds is 4. The average Bonchev–Trinajstić information content (AvgIpc) is 3.17. The number of piperidine rings is 1. The topological polar surface area (TPSA) is 123 Å². The summed E-state index contributed by atoms with van der Waals surface area (Å²) in [4.78, 5) is 32.8. The predicted molar refractivity (Wildman–Crippen MR) is 123 cm³/mol. The zero-order valence-corrected chi connectivity index (χ0v) is 18.3. The van der Waals surface area contributed by atoms with E-state index in [1.807, 2.05) is 24.3 Å². The van der Waals surface area contributed by atoms with Gasteiger partial charge in [0.2, 0.25) is 0 Å². The number of amides is 2. The Morgan fingerprint density at radius 2 is 1.71 bits per heavy atom. The molecule has 1 aromatic carbocycles. The Morgan fingerprint density at radius 3 is 2.32 bits per heavy atom. The third kappa shape index (κ3) is 5.82. The fourth-order valence-electron chi connectivity index (χ4n) is 3.96. The fourth-order valence-corrected chi connectivity index (χ4v) is 3.96. The van der Waals surface area contributed by atoms with Crippen LogP contribution in [-0.4, -0.2) is 63.6 Å². The number of aromatic nitrogens is 2. The van der Waals surface area contributed by atoms with Crippen molar-refractivity contribution >= 4 is 24.3 Å². The molecule has 2 aromatic rings. The van der Waals surface area contributed by atoms with Crippen LogP contribution in [0.5, 0.6) is 0 Å². The van der Waals surface area contributed by atoms with E-state index in [2.05, 4.69) is 15.2 Å². The molecule has 0 bridgehead atoms. The van der Waals surface area contributed by atoms with Gasteiger partial charge in [0.05, 0.1) is 5.69 Å². The number of hydrogen-bond donors (Lipinski definition) is 3. The van der Waals surface area contributed by atoms with E-state index >= 15 is 0 Å². The second-order valence-electron chi connectivity index (χ2n) is 8.17. The molecule has 0 radical (unpaired) electrons. The van der Waals surface area contributed by atoms with E-state index in [0.717, 1.165) is 44.6 Å². The van der Waals surface area contributed by atoms with Gasteiger partial charge >= 0.3 is 11.7 Å². The van der Waals surface area contributed by atoms with Gasteiger partial charge in [0, 0.05) is 37.9 Å². The SMILES string of the molecule is Cl.NC1CCN(Cc2ccc(-n3ccc(NC(=O)N4CC[C@@H](N)C4)nc3=O)cc2)CC1. The molecule has 0 unspecified atom stereocenters. The van der Waals surface area contributed by atoms with E-state index in [-0.39, 0.29) is 30.3 Å². The van der Waals surface area contributed by atoms with Crippen LogP contribution >= 0.6 is 12.4 Å². The molecule has 2 fully saturated rings. The molecule has 31 heavy (non-hydrogen) atoms. The molecule has 2 aliphatic heterocycles. The van der Waals surface area contributed by atoms with Gasteiger partial charge in [-0.15, -0.1) is 12.4 Å². The second-order valence-corrected chi connectivity index (χ2v) is 8.17. The molecule has 168 valence electrons. The Labute approximate surface area is 187 Å². The van der Waals surface area contributed by atoms with Crippen molar-refractivity contribution in [2.45, 2.75) is 37.9 Å². The first-order valence-corrected chi connectivity index (χ1v) is 10.5. The van der Waals surface area contributed by atoms with Crippen LogP contribution in [0.1, 0.15) is 24.8 Å². The summed E-state index contributed by atoms with van der Waals surface area (Å²) in [5, 5.41) is 2.67. The number of carbonyl (C=O) groups excluding carboxylic acids is 1. The van der Waals surface area contributed by atoms with Crippen molar-refractivity contribution in [3.8, 4) is 5.69 Å². The maximum absolute atomic E-state index is 12.5. The summed E-state index contributed by atoms with van der Waals surface area (Å²) in [5.74, 6) is 0.238. The van der Waals surface area contributed by atoms with Gasteiger partial charge in [-0.2, -0.15) is 4.98 Å². The number of anilines is 1. The average molecular weight is 448 g/mol. The number of benzene rings is 1. The van der Waals surface area contributed by atoms with Gasteiger partial charge in [0.15, 0.2) is 0 Å². The lowest BCUT2D eigenvalue weighted by atomic mass is 10.1. The maximum Gasteiger partial charge on any atom is 0.354 e. The van der Waals surface area contributed by atoms with E-state index in [1.54, 1.807) is 17.2 Å². The molecule has 0 saturated carbocycles. The number of halogens is 1. The van der Waals surface area contributed by atoms with E-state index in [0.29, 0.717) is 19.1 Å². The summed E-state index contributed by atoms with van der Waals surface area (Å²) in [6.45, 7) is 4.04. The smallest absolute Gasteiger partial charge is 0.328 e. The molecule has 4 rings (SSSR count). The van der Waals surface area contributed by atoms with Crippen LogP contribution in [0.4, 0.5) is 10.6 Å². The molecule has 0 spiro atoms. The highest BCUT2D eigenvalue weighted by molar-refractivity contribution is 5.88. The van der Waals surface area contributed by atoms with Crippen LogP contribution in [0.15, 0.2) is 41.3 Å². The molecule has 2 amide bonds. The predicted octanol–water partition coefficient (Wildman–Crippen LogP) is 1.14. The molecule has 5 N–H and O–H groups in total. The first-order chi connectivity index (χ1) is 14.5. The number of nitrogens with one attached hydrogen (secondary N) is 1. The molecular weight excluding hydrogens is 418 g/mol. The summed E-state index contributed by atoms with van der Waals surface area (Å²) in [6, 6.07) is 9.56. The number of carbonyl (C=O) groups is 1. The first-order valence-electron chi connectivity index (χ1n) is 10.5. The summed E-state index contributed by atoms with van der Waals surface area (Å²) in [7, 11) is 0. The Kier molecular flexibility index (Phi) is 7.66. The number of hydrogen-bond acceptors (Lipinski definition) is 6. The van der Waals surface area contributed by atoms with E-state index in [4.69, 9.17) is 11.5 Å². The van der Waals surface area contributed by atoms with Gasteiger partial charge in [0.1, 0.15) is 5.82 Å². The Morgan fingerprint density at radius 1 is 1.03 bits per heavy atom. The third-order valence-corrected chi connectivity index (χ3v) is 5.80. The van der Waals surface area contributed by atoms with Gasteiger partial charge in [-0.25, -0.2) is 9.59 Å². The van der Waals surface area contributed by atoms with Gasteiger partial charge in [0.25, 0.3) is 0 Å². The molecular formula is C21H30ClN7O2. The normalized spacial score (nSPS) is 19.8. The second kappa shape index (κ2) is 10.2. The minimum Gasteiger partial charge on any atom is -0.328 e. The first kappa shape index (κ1) is 23.2. The highest BCUT2D eigenvalue weighted by Gasteiger charge is 2.24. The Bertz CT molecular complexity index is 941. The maximum atomic E-state index is 12.5. The van der Waals surface area contributed by atoms with Crippen molar-refractivity contribution in [1.29, 1.82) is 0 Å². The fraction of sp³-hybridized carbons (Fsp3) is 0.476. The van der Waals surface area contributed by atoms with Gasteiger partial charge in [-0.3, -0.25) is 14.8 Å². The lowest BCUT2D eigenvalue weighted by molar-refractivity contribution is 0.205. The lowest BCUT2D eigenvalue weighted by Gasteiger charge is -2.30. The van der Waals surface area contributed by atoms with Crippen molar-refractivity contribution in [3.63, 3.8) is 0 Å². The molecule has 0 aliphatic carbocycles. The van der Waals surface area contributed by atoms with E-state index < -0.39 is 5.69 Å². The highest BCUT2D eigenvalue weighted by atomic mass is 35.5. The monoisotopic (exact) mass is 447 g/mol. The van der Waals surface area contributed by atoms with E-state index in [1.165, 1.54) is 10.1 Å². The number of likely N-dealkylation sites (tertiary alicyclic amines) is 2. The van der Waals surface area contributed by atoms with Crippen molar-refractivity contribution in [1.82, 2.24) is 19.4 Å². The van der Waals surface area contributed by atoms with Crippen LogP contribution in [-0.2, 0) is 6.54 Å². The Balaban J connectivity index is 0.00000272. The zero-order chi connectivity index (χ0) is 21.1. The molecule has 9 nitrogen and oxygen atoms in total. The van der Waals surface area contributed by atoms with Crippen molar-refractivity contribution in [2.24, 2.45) is 11.5 Å². The number of nitrogens with zero attached hydrogens (tertiary/aromatic N) is 4. The van der Waals surface area contributed by atoms with Gasteiger partial charge < -0.3 is 16.4 Å². The van der Waals surface area contributed by atoms with Crippen LogP contribution < -0.4 is 22.5 Å². The van der Waals surface area contributed by atoms with E-state index in [9.17, 15) is 9.59 Å². The van der Waals surface area contributed by atoms with Crippen molar-refractivity contribution < 1.29 is 4.79 Å². The van der Waals surface area contributed by atoms with Crippen LogP contribution in [0, 0.1) is 0 Å². The van der Waals surface area contributed by atoms with Crippen LogP contribution in [0.3, 0.4) is 0 Å². The minimum absolute atomic E-state index is 0. The largest absolute Gasteiger partial charge is 0.354 e. The molecule has 1 atom stereocenters. The molecule has 1 aromatic heterocycles. The number of urea groups is 1. The standard InChI is InChI=1S/C21H29N7O2.ClH/c22-16-5-9-26(10-6-16)13-15-1-3-18(4-2-15)28-12-8-19(25-21(28)30)24-20(29)27-11-7-17(23)14-27;/h1-4,8,12,16-17H,5-7,9-11,13-14,22-23H2,(H,24,25,29,30);1H/t17-;/m1./s1. The van der Waals surface area contributed by atoms with Crippen LogP contribution in [0.2, 0.25) is 0 Å². The van der Waals surface area contributed by atoms with Gasteiger partial charge in [-0.05, 0) is 56.1 Å².